The van der Waals surface area contributed by atoms with E-state index in [4.69, 9.17) is 5.11 Å². The molecule has 0 spiro atoms. The van der Waals surface area contributed by atoms with Crippen molar-refractivity contribution in [3.05, 3.63) is 54.0 Å². The molecule has 1 fully saturated rings. The zero-order valence-corrected chi connectivity index (χ0v) is 13.5. The van der Waals surface area contributed by atoms with E-state index in [2.05, 4.69) is 4.98 Å². The van der Waals surface area contributed by atoms with Gasteiger partial charge < -0.3 is 10.0 Å². The molecule has 1 aromatic carbocycles. The van der Waals surface area contributed by atoms with Crippen molar-refractivity contribution in [1.29, 1.82) is 0 Å². The summed E-state index contributed by atoms with van der Waals surface area (Å²) in [5.41, 5.74) is 0.872. The van der Waals surface area contributed by atoms with Gasteiger partial charge >= 0.3 is 5.97 Å². The van der Waals surface area contributed by atoms with Crippen molar-refractivity contribution in [2.24, 2.45) is 5.92 Å². The maximum atomic E-state index is 13.8. The second-order valence-corrected chi connectivity index (χ2v) is 6.20. The molecule has 136 valence electrons. The molecule has 1 saturated heterocycles. The number of piperidine rings is 1. The number of hydrogen-bond acceptors (Lipinski definition) is 3. The number of alkyl halides is 2. The highest BCUT2D eigenvalue weighted by molar-refractivity contribution is 5.93. The molecule has 26 heavy (non-hydrogen) atoms. The Morgan fingerprint density at radius 3 is 2.50 bits per heavy atom. The van der Waals surface area contributed by atoms with Crippen LogP contribution >= 0.6 is 0 Å². The summed E-state index contributed by atoms with van der Waals surface area (Å²) in [4.78, 5) is 28.6. The number of likely N-dealkylation sites (tertiary alicyclic amines) is 1. The lowest BCUT2D eigenvalue weighted by atomic mass is 9.95. The van der Waals surface area contributed by atoms with Gasteiger partial charge in [-0.15, -0.1) is 0 Å². The largest absolute Gasteiger partial charge is 0.481 e. The van der Waals surface area contributed by atoms with Crippen LogP contribution in [0.4, 0.5) is 13.2 Å². The van der Waals surface area contributed by atoms with E-state index >= 15 is 0 Å². The van der Waals surface area contributed by atoms with Crippen LogP contribution in [0, 0.1) is 11.7 Å². The smallest absolute Gasteiger partial charge is 0.308 e. The van der Waals surface area contributed by atoms with Gasteiger partial charge in [-0.3, -0.25) is 9.59 Å². The van der Waals surface area contributed by atoms with Crippen molar-refractivity contribution in [2.75, 3.05) is 13.1 Å². The Labute approximate surface area is 147 Å². The van der Waals surface area contributed by atoms with E-state index in [0.717, 1.165) is 4.90 Å². The molecule has 1 atom stereocenters. The van der Waals surface area contributed by atoms with Gasteiger partial charge in [-0.25, -0.2) is 18.2 Å². The van der Waals surface area contributed by atoms with Crippen LogP contribution in [0.15, 0.2) is 42.5 Å². The molecule has 2 heterocycles. The van der Waals surface area contributed by atoms with Gasteiger partial charge in [-0.1, -0.05) is 6.07 Å². The number of aliphatic carboxylic acids is 1. The molecule has 5 nitrogen and oxygen atoms in total. The van der Waals surface area contributed by atoms with E-state index in [-0.39, 0.29) is 12.2 Å². The molecule has 1 aromatic heterocycles. The maximum Gasteiger partial charge on any atom is 0.308 e. The Morgan fingerprint density at radius 2 is 1.85 bits per heavy atom. The van der Waals surface area contributed by atoms with Crippen LogP contribution in [-0.2, 0) is 4.79 Å². The number of pyridine rings is 1. The van der Waals surface area contributed by atoms with Crippen molar-refractivity contribution >= 4 is 11.9 Å². The number of nitrogens with zero attached hydrogens (tertiary/aromatic N) is 2. The standard InChI is InChI=1S/C18H15F3N2O3/c19-13-6-4-11(5-7-13)14-2-1-3-15(22-14)16(24)23-9-12(17(25)26)8-18(20,21)10-23/h1-7,12H,8-10H2,(H,25,26). The third kappa shape index (κ3) is 3.84. The summed E-state index contributed by atoms with van der Waals surface area (Å²) in [6, 6.07) is 9.98. The lowest BCUT2D eigenvalue weighted by molar-refractivity contribution is -0.151. The molecule has 3 rings (SSSR count). The molecule has 1 amide bonds. The molecular weight excluding hydrogens is 349 g/mol. The van der Waals surface area contributed by atoms with Crippen molar-refractivity contribution in [3.8, 4) is 11.3 Å². The minimum Gasteiger partial charge on any atom is -0.481 e. The Bertz CT molecular complexity index is 840. The van der Waals surface area contributed by atoms with E-state index < -0.39 is 42.5 Å². The number of carboxylic acids is 1. The topological polar surface area (TPSA) is 70.5 Å². The SMILES string of the molecule is O=C(O)C1CN(C(=O)c2cccc(-c3ccc(F)cc3)n2)CC(F)(F)C1. The number of aromatic nitrogens is 1. The first kappa shape index (κ1) is 17.9. The van der Waals surface area contributed by atoms with Gasteiger partial charge in [0, 0.05) is 18.5 Å². The predicted octanol–water partition coefficient (Wildman–Crippen LogP) is 3.07. The summed E-state index contributed by atoms with van der Waals surface area (Å²) >= 11 is 0. The third-order valence-electron chi connectivity index (χ3n) is 4.15. The molecule has 1 aliphatic heterocycles. The zero-order chi connectivity index (χ0) is 18.9. The Hall–Kier alpha value is -2.90. The van der Waals surface area contributed by atoms with Crippen LogP contribution in [0.2, 0.25) is 0 Å². The normalized spacial score (nSPS) is 19.2. The lowest BCUT2D eigenvalue weighted by Gasteiger charge is -2.35. The average molecular weight is 364 g/mol. The monoisotopic (exact) mass is 364 g/mol. The van der Waals surface area contributed by atoms with Gasteiger partial charge in [0.15, 0.2) is 0 Å². The van der Waals surface area contributed by atoms with Gasteiger partial charge in [0.25, 0.3) is 11.8 Å². The molecule has 2 aromatic rings. The van der Waals surface area contributed by atoms with E-state index in [1.807, 2.05) is 0 Å². The van der Waals surface area contributed by atoms with Crippen molar-refractivity contribution in [3.63, 3.8) is 0 Å². The summed E-state index contributed by atoms with van der Waals surface area (Å²) < 4.78 is 40.6. The molecule has 1 aliphatic rings. The van der Waals surface area contributed by atoms with Gasteiger partial charge in [-0.2, -0.15) is 0 Å². The lowest BCUT2D eigenvalue weighted by Crippen LogP contribution is -2.51. The summed E-state index contributed by atoms with van der Waals surface area (Å²) in [7, 11) is 0. The van der Waals surface area contributed by atoms with Crippen LogP contribution in [-0.4, -0.2) is 45.9 Å². The second kappa shape index (κ2) is 6.78. The van der Waals surface area contributed by atoms with E-state index in [0.29, 0.717) is 11.3 Å². The highest BCUT2D eigenvalue weighted by Gasteiger charge is 2.44. The van der Waals surface area contributed by atoms with Crippen molar-refractivity contribution in [2.45, 2.75) is 12.3 Å². The number of amides is 1. The van der Waals surface area contributed by atoms with Gasteiger partial charge in [-0.05, 0) is 36.4 Å². The number of benzene rings is 1. The molecule has 0 bridgehead atoms. The number of carbonyl (C=O) groups excluding carboxylic acids is 1. The van der Waals surface area contributed by atoms with Crippen molar-refractivity contribution < 1.29 is 27.9 Å². The number of rotatable bonds is 3. The van der Waals surface area contributed by atoms with E-state index in [1.54, 1.807) is 6.07 Å². The number of carboxylic acid groups (broad SMARTS) is 1. The van der Waals surface area contributed by atoms with E-state index in [1.165, 1.54) is 36.4 Å². The zero-order valence-electron chi connectivity index (χ0n) is 13.5. The minimum absolute atomic E-state index is 0.0753. The van der Waals surface area contributed by atoms with Crippen LogP contribution in [0.25, 0.3) is 11.3 Å². The fourth-order valence-electron chi connectivity index (χ4n) is 2.92. The molecule has 0 aliphatic carbocycles. The fraction of sp³-hybridized carbons (Fsp3) is 0.278. The number of halogens is 3. The molecule has 1 unspecified atom stereocenters. The second-order valence-electron chi connectivity index (χ2n) is 6.20. The molecular formula is C18H15F3N2O3. The molecule has 8 heteroatoms. The van der Waals surface area contributed by atoms with Crippen LogP contribution in [0.1, 0.15) is 16.9 Å². The Kier molecular flexibility index (Phi) is 4.67. The average Bonchev–Trinajstić information content (AvgIpc) is 2.60. The predicted molar refractivity (Wildman–Crippen MR) is 86.2 cm³/mol. The highest BCUT2D eigenvalue weighted by atomic mass is 19.3. The first-order valence-electron chi connectivity index (χ1n) is 7.88. The molecule has 0 radical (unpaired) electrons. The Morgan fingerprint density at radius 1 is 1.15 bits per heavy atom. The third-order valence-corrected chi connectivity index (χ3v) is 4.15. The van der Waals surface area contributed by atoms with Crippen LogP contribution in [0.3, 0.4) is 0 Å². The summed E-state index contributed by atoms with van der Waals surface area (Å²) in [6.45, 7) is -1.15. The van der Waals surface area contributed by atoms with Gasteiger partial charge in [0.1, 0.15) is 11.5 Å². The number of hydrogen-bond donors (Lipinski definition) is 1. The summed E-state index contributed by atoms with van der Waals surface area (Å²) in [5.74, 6) is -7.15. The number of carbonyl (C=O) groups is 2. The van der Waals surface area contributed by atoms with Gasteiger partial charge in [0.2, 0.25) is 0 Å². The quantitative estimate of drug-likeness (QED) is 0.909. The fourth-order valence-corrected chi connectivity index (χ4v) is 2.92. The first-order chi connectivity index (χ1) is 12.2. The molecule has 0 saturated carbocycles. The van der Waals surface area contributed by atoms with Crippen LogP contribution in [0.5, 0.6) is 0 Å². The summed E-state index contributed by atoms with van der Waals surface area (Å²) in [6.07, 6.45) is -0.796. The maximum absolute atomic E-state index is 13.8. The summed E-state index contributed by atoms with van der Waals surface area (Å²) in [5, 5.41) is 9.04. The molecule has 1 N–H and O–H groups in total. The highest BCUT2D eigenvalue weighted by Crippen LogP contribution is 2.31. The first-order valence-corrected chi connectivity index (χ1v) is 7.88. The Balaban J connectivity index is 1.86. The van der Waals surface area contributed by atoms with Crippen LogP contribution < -0.4 is 0 Å². The van der Waals surface area contributed by atoms with E-state index in [9.17, 15) is 22.8 Å². The van der Waals surface area contributed by atoms with Gasteiger partial charge in [0.05, 0.1) is 18.2 Å². The van der Waals surface area contributed by atoms with Crippen molar-refractivity contribution in [1.82, 2.24) is 9.88 Å². The minimum atomic E-state index is -3.27.